The number of rotatable bonds is 6. The Hall–Kier alpha value is -3.70. The number of hydrogen-bond acceptors (Lipinski definition) is 6. The average molecular weight is 431 g/mol. The van der Waals surface area contributed by atoms with Crippen molar-refractivity contribution in [3.63, 3.8) is 0 Å². The molecule has 0 radical (unpaired) electrons. The highest BCUT2D eigenvalue weighted by Crippen LogP contribution is 2.33. The van der Waals surface area contributed by atoms with Gasteiger partial charge in [0.1, 0.15) is 0 Å². The van der Waals surface area contributed by atoms with Crippen LogP contribution in [0.4, 0.5) is 0 Å². The van der Waals surface area contributed by atoms with E-state index in [-0.39, 0.29) is 17.3 Å². The van der Waals surface area contributed by atoms with Crippen LogP contribution in [0.25, 0.3) is 16.9 Å². The Balaban J connectivity index is 1.55. The Kier molecular flexibility index (Phi) is 5.93. The van der Waals surface area contributed by atoms with Gasteiger partial charge >= 0.3 is 0 Å². The molecule has 1 aliphatic carbocycles. The lowest BCUT2D eigenvalue weighted by atomic mass is 9.98. The number of benzene rings is 1. The number of carbonyl (C=O) groups is 1. The normalized spacial score (nSPS) is 14.8. The van der Waals surface area contributed by atoms with Crippen LogP contribution in [0.1, 0.15) is 47.2 Å². The number of methoxy groups -OCH3 is 1. The maximum Gasteiger partial charge on any atom is 0.253 e. The molecule has 8 nitrogen and oxygen atoms in total. The van der Waals surface area contributed by atoms with E-state index in [9.17, 15) is 9.90 Å². The van der Waals surface area contributed by atoms with Crippen LogP contribution in [0, 0.1) is 18.3 Å². The second-order valence-corrected chi connectivity index (χ2v) is 8.21. The van der Waals surface area contributed by atoms with Gasteiger partial charge in [-0.1, -0.05) is 18.9 Å². The van der Waals surface area contributed by atoms with Crippen LogP contribution in [-0.4, -0.2) is 45.0 Å². The number of aromatic nitrogens is 3. The number of carbonyl (C=O) groups excluding carboxylic acids is 1. The molecule has 32 heavy (non-hydrogen) atoms. The van der Waals surface area contributed by atoms with E-state index in [1.807, 2.05) is 6.92 Å². The molecule has 164 valence electrons. The van der Waals surface area contributed by atoms with Crippen molar-refractivity contribution in [2.45, 2.75) is 38.1 Å². The summed E-state index contributed by atoms with van der Waals surface area (Å²) in [6, 6.07) is 10.7. The summed E-state index contributed by atoms with van der Waals surface area (Å²) in [6.45, 7) is 2.36. The first kappa shape index (κ1) is 21.5. The molecule has 0 saturated heterocycles. The molecule has 2 aromatic heterocycles. The molecule has 1 saturated carbocycles. The fourth-order valence-electron chi connectivity index (χ4n) is 4.33. The fourth-order valence-corrected chi connectivity index (χ4v) is 4.33. The highest BCUT2D eigenvalue weighted by molar-refractivity contribution is 5.94. The first-order valence-corrected chi connectivity index (χ1v) is 10.5. The topological polar surface area (TPSA) is 113 Å². The molecular weight excluding hydrogens is 406 g/mol. The quantitative estimate of drug-likeness (QED) is 0.618. The zero-order valence-electron chi connectivity index (χ0n) is 18.1. The van der Waals surface area contributed by atoms with Gasteiger partial charge in [-0.05, 0) is 55.2 Å². The van der Waals surface area contributed by atoms with Gasteiger partial charge in [0, 0.05) is 13.3 Å². The van der Waals surface area contributed by atoms with Gasteiger partial charge in [-0.2, -0.15) is 15.0 Å². The lowest BCUT2D eigenvalue weighted by Crippen LogP contribution is -2.49. The molecule has 1 aliphatic rings. The molecule has 1 amide bonds. The molecule has 1 aromatic carbocycles. The van der Waals surface area contributed by atoms with Gasteiger partial charge in [-0.3, -0.25) is 4.79 Å². The number of nitriles is 1. The van der Waals surface area contributed by atoms with Gasteiger partial charge in [0.25, 0.3) is 5.91 Å². The minimum atomic E-state index is -0.321. The zero-order chi connectivity index (χ0) is 22.7. The third kappa shape index (κ3) is 4.07. The zero-order valence-corrected chi connectivity index (χ0v) is 18.1. The molecule has 1 fully saturated rings. The predicted octanol–water partition coefficient (Wildman–Crippen LogP) is 3.51. The summed E-state index contributed by atoms with van der Waals surface area (Å²) < 4.78 is 6.65. The lowest BCUT2D eigenvalue weighted by molar-refractivity contribution is 0.0767. The van der Waals surface area contributed by atoms with Crippen molar-refractivity contribution in [2.24, 2.45) is 0 Å². The third-order valence-electron chi connectivity index (χ3n) is 5.98. The fraction of sp³-hybridized carbons (Fsp3) is 0.333. The Bertz CT molecular complexity index is 1170. The van der Waals surface area contributed by atoms with Gasteiger partial charge in [-0.15, -0.1) is 0 Å². The molecule has 2 heterocycles. The first-order valence-electron chi connectivity index (χ1n) is 10.5. The van der Waals surface area contributed by atoms with Crippen molar-refractivity contribution in [3.8, 4) is 28.9 Å². The number of nitrogens with one attached hydrogen (secondary N) is 1. The van der Waals surface area contributed by atoms with Crippen LogP contribution >= 0.6 is 0 Å². The second kappa shape index (κ2) is 8.81. The number of nitrogens with zero attached hydrogens (tertiary/aromatic N) is 4. The number of aromatic hydroxyl groups is 1. The van der Waals surface area contributed by atoms with E-state index in [0.29, 0.717) is 29.1 Å². The van der Waals surface area contributed by atoms with Gasteiger partial charge < -0.3 is 15.2 Å². The monoisotopic (exact) mass is 431 g/mol. The lowest BCUT2D eigenvalue weighted by Gasteiger charge is -2.29. The van der Waals surface area contributed by atoms with Crippen LogP contribution < -0.4 is 5.32 Å². The van der Waals surface area contributed by atoms with Crippen LogP contribution in [0.3, 0.4) is 0 Å². The average Bonchev–Trinajstić information content (AvgIpc) is 3.41. The summed E-state index contributed by atoms with van der Waals surface area (Å²) in [5.41, 5.74) is 2.85. The Labute approximate surface area is 186 Å². The standard InChI is InChI=1S/C24H25N5O3/c1-16-11-17(12-25)5-7-19(16)20-14-27-29(23(20)31)21-8-6-18(13-26-21)22(30)28-24(15-32-2)9-3-4-10-24/h5-8,11,13-14,31H,3-4,9-10,15H2,1-2H3,(H,28,30). The largest absolute Gasteiger partial charge is 0.493 e. The first-order chi connectivity index (χ1) is 15.5. The maximum absolute atomic E-state index is 12.8. The summed E-state index contributed by atoms with van der Waals surface area (Å²) in [7, 11) is 1.65. The summed E-state index contributed by atoms with van der Waals surface area (Å²) >= 11 is 0. The molecule has 0 aliphatic heterocycles. The Morgan fingerprint density at radius 3 is 2.66 bits per heavy atom. The Morgan fingerprint density at radius 1 is 1.25 bits per heavy atom. The van der Waals surface area contributed by atoms with Crippen molar-refractivity contribution < 1.29 is 14.6 Å². The van der Waals surface area contributed by atoms with E-state index in [2.05, 4.69) is 21.5 Å². The smallest absolute Gasteiger partial charge is 0.253 e. The molecule has 0 bridgehead atoms. The molecule has 8 heteroatoms. The highest BCUT2D eigenvalue weighted by atomic mass is 16.5. The van der Waals surface area contributed by atoms with Gasteiger partial charge in [-0.25, -0.2) is 4.98 Å². The van der Waals surface area contributed by atoms with Crippen molar-refractivity contribution in [2.75, 3.05) is 13.7 Å². The Morgan fingerprint density at radius 2 is 2.03 bits per heavy atom. The summed E-state index contributed by atoms with van der Waals surface area (Å²) in [5.74, 6) is 0.137. The van der Waals surface area contributed by atoms with Crippen molar-refractivity contribution in [1.82, 2.24) is 20.1 Å². The molecular formula is C24H25N5O3. The molecule has 0 spiro atoms. The molecule has 3 aromatic rings. The summed E-state index contributed by atoms with van der Waals surface area (Å²) in [6.07, 6.45) is 6.98. The van der Waals surface area contributed by atoms with Crippen molar-refractivity contribution in [3.05, 3.63) is 59.4 Å². The van der Waals surface area contributed by atoms with Crippen LogP contribution in [0.15, 0.2) is 42.7 Å². The number of aryl methyl sites for hydroxylation is 1. The van der Waals surface area contributed by atoms with Gasteiger partial charge in [0.15, 0.2) is 5.82 Å². The van der Waals surface area contributed by atoms with Crippen LogP contribution in [0.5, 0.6) is 5.88 Å². The van der Waals surface area contributed by atoms with Gasteiger partial charge in [0.05, 0.1) is 41.1 Å². The van der Waals surface area contributed by atoms with E-state index >= 15 is 0 Å². The number of ether oxygens (including phenoxy) is 1. The summed E-state index contributed by atoms with van der Waals surface area (Å²) in [5, 5.41) is 27.2. The predicted molar refractivity (Wildman–Crippen MR) is 118 cm³/mol. The van der Waals surface area contributed by atoms with Crippen molar-refractivity contribution in [1.29, 1.82) is 5.26 Å². The third-order valence-corrected chi connectivity index (χ3v) is 5.98. The summed E-state index contributed by atoms with van der Waals surface area (Å²) in [4.78, 5) is 17.1. The van der Waals surface area contributed by atoms with E-state index in [0.717, 1.165) is 36.8 Å². The highest BCUT2D eigenvalue weighted by Gasteiger charge is 2.35. The molecule has 4 rings (SSSR count). The number of amides is 1. The van der Waals surface area contributed by atoms with E-state index in [1.54, 1.807) is 43.6 Å². The minimum Gasteiger partial charge on any atom is -0.493 e. The van der Waals surface area contributed by atoms with Crippen LogP contribution in [-0.2, 0) is 4.74 Å². The van der Waals surface area contributed by atoms with Crippen molar-refractivity contribution >= 4 is 5.91 Å². The van der Waals surface area contributed by atoms with E-state index in [4.69, 9.17) is 10.00 Å². The van der Waals surface area contributed by atoms with E-state index in [1.165, 1.54) is 10.9 Å². The molecule has 0 atom stereocenters. The number of hydrogen-bond donors (Lipinski definition) is 2. The SMILES string of the molecule is COCC1(NC(=O)c2ccc(-n3ncc(-c4ccc(C#N)cc4C)c3O)nc2)CCCC1. The second-order valence-electron chi connectivity index (χ2n) is 8.21. The minimum absolute atomic E-state index is 0.0625. The van der Waals surface area contributed by atoms with Crippen LogP contribution in [0.2, 0.25) is 0 Å². The molecule has 2 N–H and O–H groups in total. The molecule has 0 unspecified atom stereocenters. The van der Waals surface area contributed by atoms with Gasteiger partial charge in [0.2, 0.25) is 5.88 Å². The number of pyridine rings is 1. The van der Waals surface area contributed by atoms with E-state index < -0.39 is 0 Å². The maximum atomic E-state index is 12.8.